The molecule has 0 aromatic heterocycles. The second kappa shape index (κ2) is 3.53. The highest BCUT2D eigenvalue weighted by Crippen LogP contribution is 1.75. The number of hydrogen-bond acceptors (Lipinski definition) is 4. The molecular formula is C2H8N4OS. The average molecular weight is 136 g/mol. The molecule has 0 aliphatic carbocycles. The molecule has 0 aliphatic heterocycles. The molecule has 0 aromatic rings. The first-order valence-corrected chi connectivity index (χ1v) is 2.26. The highest BCUT2D eigenvalue weighted by Gasteiger charge is 1.94. The Labute approximate surface area is 52.7 Å². The molecule has 0 rings (SSSR count). The van der Waals surface area contributed by atoms with Gasteiger partial charge in [0.1, 0.15) is 0 Å². The van der Waals surface area contributed by atoms with Gasteiger partial charge in [-0.3, -0.25) is 10.9 Å². The lowest BCUT2D eigenvalue weighted by Gasteiger charge is -2.08. The number of nitrogens with one attached hydrogen (secondary N) is 2. The molecule has 4 N–H and O–H groups in total. The molecule has 0 bridgehead atoms. The van der Waals surface area contributed by atoms with Crippen LogP contribution in [0.25, 0.3) is 0 Å². The fourth-order valence-electron chi connectivity index (χ4n) is 0.179. The van der Waals surface area contributed by atoms with Crippen LogP contribution < -0.4 is 16.7 Å². The fraction of sp³-hybridized carbons (Fsp3) is 0.500. The van der Waals surface area contributed by atoms with Crippen LogP contribution >= 0.6 is 12.8 Å². The summed E-state index contributed by atoms with van der Waals surface area (Å²) in [6.45, 7) is 0. The van der Waals surface area contributed by atoms with Gasteiger partial charge in [0.25, 0.3) is 0 Å². The minimum atomic E-state index is -0.498. The number of hydrogen-bond donors (Lipinski definition) is 4. The Kier molecular flexibility index (Phi) is 3.33. The van der Waals surface area contributed by atoms with Gasteiger partial charge >= 0.3 is 6.03 Å². The summed E-state index contributed by atoms with van der Waals surface area (Å²) in [5.74, 6) is 4.70. The van der Waals surface area contributed by atoms with Crippen LogP contribution in [0.15, 0.2) is 0 Å². The van der Waals surface area contributed by atoms with Crippen molar-refractivity contribution < 1.29 is 4.79 Å². The van der Waals surface area contributed by atoms with Crippen molar-refractivity contribution in [1.82, 2.24) is 15.3 Å². The third-order valence-corrected chi connectivity index (χ3v) is 0.494. The zero-order valence-electron chi connectivity index (χ0n) is 4.38. The number of urea groups is 1. The van der Waals surface area contributed by atoms with E-state index >= 15 is 0 Å². The lowest BCUT2D eigenvalue weighted by molar-refractivity contribution is 0.229. The van der Waals surface area contributed by atoms with Crippen molar-refractivity contribution in [3.8, 4) is 0 Å². The molecule has 0 unspecified atom stereocenters. The van der Waals surface area contributed by atoms with Crippen LogP contribution in [0.5, 0.6) is 0 Å². The predicted molar refractivity (Wildman–Crippen MR) is 32.6 cm³/mol. The second-order valence-electron chi connectivity index (χ2n) is 1.11. The summed E-state index contributed by atoms with van der Waals surface area (Å²) >= 11 is 3.70. The van der Waals surface area contributed by atoms with Gasteiger partial charge in [-0.05, 0) is 0 Å². The lowest BCUT2D eigenvalue weighted by atomic mass is 11.1. The Bertz CT molecular complexity index is 84.1. The van der Waals surface area contributed by atoms with Crippen LogP contribution in [0.4, 0.5) is 4.79 Å². The number of amides is 2. The molecule has 48 valence electrons. The molecule has 5 nitrogen and oxygen atoms in total. The molecule has 8 heavy (non-hydrogen) atoms. The van der Waals surface area contributed by atoms with E-state index in [1.54, 1.807) is 7.05 Å². The number of carbonyl (C=O) groups is 1. The summed E-state index contributed by atoms with van der Waals surface area (Å²) < 4.78 is 1.18. The third-order valence-electron chi connectivity index (χ3n) is 0.394. The topological polar surface area (TPSA) is 70.4 Å². The summed E-state index contributed by atoms with van der Waals surface area (Å²) in [5, 5.41) is 0. The first kappa shape index (κ1) is 7.54. The highest BCUT2D eigenvalue weighted by molar-refractivity contribution is 7.77. The van der Waals surface area contributed by atoms with Crippen LogP contribution in [0.2, 0.25) is 0 Å². The first-order chi connectivity index (χ1) is 3.66. The number of hydrazine groups is 2. The average Bonchev–Trinajstić information content (AvgIpc) is 1.65. The molecule has 0 saturated heterocycles. The van der Waals surface area contributed by atoms with E-state index in [9.17, 15) is 4.79 Å². The maximum atomic E-state index is 10.2. The van der Waals surface area contributed by atoms with Crippen molar-refractivity contribution in [2.45, 2.75) is 0 Å². The molecule has 0 spiro atoms. The van der Waals surface area contributed by atoms with E-state index in [1.807, 2.05) is 5.43 Å². The minimum absolute atomic E-state index is 0.498. The van der Waals surface area contributed by atoms with Crippen LogP contribution in [-0.2, 0) is 0 Å². The van der Waals surface area contributed by atoms with Crippen molar-refractivity contribution in [3.05, 3.63) is 0 Å². The number of carbonyl (C=O) groups excluding carboxylic acids is 1. The number of thiol groups is 1. The number of nitrogens with zero attached hydrogens (tertiary/aromatic N) is 1. The van der Waals surface area contributed by atoms with Crippen LogP contribution in [0.1, 0.15) is 0 Å². The van der Waals surface area contributed by atoms with Gasteiger partial charge in [0.05, 0.1) is 0 Å². The van der Waals surface area contributed by atoms with E-state index in [-0.39, 0.29) is 0 Å². The Hall–Kier alpha value is -0.460. The molecule has 0 radical (unpaired) electrons. The van der Waals surface area contributed by atoms with Gasteiger partial charge in [-0.15, -0.1) is 0 Å². The molecule has 0 aliphatic rings. The molecular weight excluding hydrogens is 128 g/mol. The molecule has 0 fully saturated rings. The van der Waals surface area contributed by atoms with E-state index in [0.29, 0.717) is 0 Å². The summed E-state index contributed by atoms with van der Waals surface area (Å²) in [6, 6.07) is -0.498. The van der Waals surface area contributed by atoms with Gasteiger partial charge in [0, 0.05) is 7.05 Å². The van der Waals surface area contributed by atoms with Gasteiger partial charge in [0.15, 0.2) is 0 Å². The molecule has 0 heterocycles. The maximum Gasteiger partial charge on any atom is 0.344 e. The van der Waals surface area contributed by atoms with E-state index in [1.165, 1.54) is 4.41 Å². The van der Waals surface area contributed by atoms with E-state index < -0.39 is 6.03 Å². The van der Waals surface area contributed by atoms with Crippen molar-refractivity contribution in [2.75, 3.05) is 7.05 Å². The van der Waals surface area contributed by atoms with Crippen molar-refractivity contribution in [1.29, 1.82) is 0 Å². The Morgan fingerprint density at radius 3 is 2.50 bits per heavy atom. The van der Waals surface area contributed by atoms with E-state index in [0.717, 1.165) is 0 Å². The quantitative estimate of drug-likeness (QED) is 0.159. The summed E-state index contributed by atoms with van der Waals surface area (Å²) in [4.78, 5) is 10.2. The van der Waals surface area contributed by atoms with Crippen LogP contribution in [-0.4, -0.2) is 17.5 Å². The van der Waals surface area contributed by atoms with Crippen molar-refractivity contribution in [2.24, 2.45) is 5.84 Å². The van der Waals surface area contributed by atoms with Crippen LogP contribution in [0, 0.1) is 0 Å². The molecule has 0 atom stereocenters. The fourth-order valence-corrected chi connectivity index (χ4v) is 0.270. The third kappa shape index (κ3) is 3.72. The van der Waals surface area contributed by atoms with Gasteiger partial charge in [0.2, 0.25) is 0 Å². The predicted octanol–water partition coefficient (Wildman–Crippen LogP) is -1.15. The highest BCUT2D eigenvalue weighted by atomic mass is 32.1. The Morgan fingerprint density at radius 2 is 2.38 bits per heavy atom. The standard InChI is InChI=1S/C2H8N4OS/c1-6(8)5-2(7)4-3/h8H,3H2,1H3,(H2,4,5,7). The van der Waals surface area contributed by atoms with Gasteiger partial charge in [-0.1, -0.05) is 12.8 Å². The van der Waals surface area contributed by atoms with E-state index in [2.05, 4.69) is 18.2 Å². The second-order valence-corrected chi connectivity index (χ2v) is 1.71. The van der Waals surface area contributed by atoms with Gasteiger partial charge < -0.3 is 0 Å². The zero-order valence-corrected chi connectivity index (χ0v) is 5.27. The number of nitrogens with two attached hydrogens (primary N) is 1. The summed E-state index contributed by atoms with van der Waals surface area (Å²) in [7, 11) is 1.55. The van der Waals surface area contributed by atoms with Crippen molar-refractivity contribution >= 4 is 18.8 Å². The minimum Gasteiger partial charge on any atom is -0.275 e. The SMILES string of the molecule is CN(S)NC(=O)NN. The maximum absolute atomic E-state index is 10.2. The van der Waals surface area contributed by atoms with E-state index in [4.69, 9.17) is 5.84 Å². The lowest BCUT2D eigenvalue weighted by Crippen LogP contribution is -2.44. The summed E-state index contributed by atoms with van der Waals surface area (Å²) in [5.41, 5.74) is 4.07. The Balaban J connectivity index is 3.25. The molecule has 0 saturated carbocycles. The van der Waals surface area contributed by atoms with Crippen molar-refractivity contribution in [3.63, 3.8) is 0 Å². The number of rotatable bonds is 1. The van der Waals surface area contributed by atoms with Gasteiger partial charge in [-0.25, -0.2) is 10.6 Å². The normalized spacial score (nSPS) is 9.00. The monoisotopic (exact) mass is 136 g/mol. The Morgan fingerprint density at radius 1 is 1.88 bits per heavy atom. The molecule has 0 aromatic carbocycles. The molecule has 2 amide bonds. The zero-order chi connectivity index (χ0) is 6.57. The first-order valence-electron chi connectivity index (χ1n) is 1.86. The summed E-state index contributed by atoms with van der Waals surface area (Å²) in [6.07, 6.45) is 0. The largest absolute Gasteiger partial charge is 0.344 e. The van der Waals surface area contributed by atoms with Gasteiger partial charge in [-0.2, -0.15) is 4.41 Å². The van der Waals surface area contributed by atoms with Crippen LogP contribution in [0.3, 0.4) is 0 Å². The molecule has 6 heteroatoms. The smallest absolute Gasteiger partial charge is 0.275 e.